The normalized spacial score (nSPS) is 10.8. The molecule has 0 spiro atoms. The Kier molecular flexibility index (Phi) is 3.86. The third-order valence-electron chi connectivity index (χ3n) is 3.56. The van der Waals surface area contributed by atoms with Crippen LogP contribution in [0.1, 0.15) is 16.0 Å². The van der Waals surface area contributed by atoms with E-state index in [4.69, 9.17) is 10.7 Å². The number of nitrogens with two attached hydrogens (primary N) is 1. The summed E-state index contributed by atoms with van der Waals surface area (Å²) in [7, 11) is 0. The smallest absolute Gasteiger partial charge is 0.124 e. The van der Waals surface area contributed by atoms with Gasteiger partial charge in [-0.2, -0.15) is 0 Å². The van der Waals surface area contributed by atoms with Crippen molar-refractivity contribution >= 4 is 11.3 Å². The van der Waals surface area contributed by atoms with Gasteiger partial charge < -0.3 is 5.73 Å². The van der Waals surface area contributed by atoms with Crippen LogP contribution in [0.5, 0.6) is 0 Å². The minimum absolute atomic E-state index is 0.575. The Morgan fingerprint density at radius 3 is 2.14 bits per heavy atom. The zero-order valence-corrected chi connectivity index (χ0v) is 13.1. The van der Waals surface area contributed by atoms with Crippen LogP contribution in [-0.4, -0.2) is 4.98 Å². The van der Waals surface area contributed by atoms with Crippen molar-refractivity contribution in [1.82, 2.24) is 4.98 Å². The standard InChI is InChI=1S/C18H18N2S/c1-12-3-7-15(8-4-12)17-13(2)21-18(20-17)16-9-5-14(11-19)6-10-16/h3-10H,11,19H2,1-2H3. The van der Waals surface area contributed by atoms with Crippen molar-refractivity contribution in [1.29, 1.82) is 0 Å². The van der Waals surface area contributed by atoms with Crippen molar-refractivity contribution in [2.75, 3.05) is 0 Å². The van der Waals surface area contributed by atoms with Crippen molar-refractivity contribution in [3.8, 4) is 21.8 Å². The summed E-state index contributed by atoms with van der Waals surface area (Å²) in [5, 5.41) is 1.06. The molecule has 0 saturated heterocycles. The van der Waals surface area contributed by atoms with E-state index in [1.54, 1.807) is 11.3 Å². The highest BCUT2D eigenvalue weighted by molar-refractivity contribution is 7.15. The molecule has 0 radical (unpaired) electrons. The number of thiazole rings is 1. The van der Waals surface area contributed by atoms with E-state index in [2.05, 4.69) is 62.4 Å². The molecular weight excluding hydrogens is 276 g/mol. The Balaban J connectivity index is 1.98. The van der Waals surface area contributed by atoms with Crippen LogP contribution in [-0.2, 0) is 6.54 Å². The fourth-order valence-corrected chi connectivity index (χ4v) is 3.22. The highest BCUT2D eigenvalue weighted by atomic mass is 32.1. The predicted molar refractivity (Wildman–Crippen MR) is 90.4 cm³/mol. The van der Waals surface area contributed by atoms with E-state index < -0.39 is 0 Å². The van der Waals surface area contributed by atoms with Gasteiger partial charge >= 0.3 is 0 Å². The third-order valence-corrected chi connectivity index (χ3v) is 4.58. The van der Waals surface area contributed by atoms with E-state index in [-0.39, 0.29) is 0 Å². The highest BCUT2D eigenvalue weighted by Gasteiger charge is 2.11. The molecule has 3 aromatic rings. The Morgan fingerprint density at radius 2 is 1.52 bits per heavy atom. The second-order valence-electron chi connectivity index (χ2n) is 5.19. The van der Waals surface area contributed by atoms with Crippen LogP contribution in [0.3, 0.4) is 0 Å². The summed E-state index contributed by atoms with van der Waals surface area (Å²) >= 11 is 1.74. The quantitative estimate of drug-likeness (QED) is 0.769. The molecule has 0 fully saturated rings. The fourth-order valence-electron chi connectivity index (χ4n) is 2.28. The first-order chi connectivity index (χ1) is 10.2. The molecule has 1 aromatic heterocycles. The lowest BCUT2D eigenvalue weighted by Crippen LogP contribution is -1.95. The van der Waals surface area contributed by atoms with Crippen LogP contribution in [0, 0.1) is 13.8 Å². The molecule has 106 valence electrons. The highest BCUT2D eigenvalue weighted by Crippen LogP contribution is 2.33. The first-order valence-electron chi connectivity index (χ1n) is 7.01. The Labute approximate surface area is 129 Å². The van der Waals surface area contributed by atoms with Gasteiger partial charge in [0.15, 0.2) is 0 Å². The molecule has 0 aliphatic carbocycles. The molecular formula is C18H18N2S. The molecule has 3 heteroatoms. The van der Waals surface area contributed by atoms with Gasteiger partial charge in [-0.15, -0.1) is 11.3 Å². The molecule has 0 unspecified atom stereocenters. The topological polar surface area (TPSA) is 38.9 Å². The molecule has 2 aromatic carbocycles. The molecule has 1 heterocycles. The van der Waals surface area contributed by atoms with E-state index in [0.717, 1.165) is 21.8 Å². The van der Waals surface area contributed by atoms with Gasteiger partial charge in [-0.3, -0.25) is 0 Å². The summed E-state index contributed by atoms with van der Waals surface area (Å²) in [4.78, 5) is 6.07. The molecule has 2 N–H and O–H groups in total. The summed E-state index contributed by atoms with van der Waals surface area (Å²) in [6.45, 7) is 4.80. The second kappa shape index (κ2) is 5.80. The largest absolute Gasteiger partial charge is 0.326 e. The van der Waals surface area contributed by atoms with Gasteiger partial charge in [0.2, 0.25) is 0 Å². The molecule has 0 amide bonds. The lowest BCUT2D eigenvalue weighted by molar-refractivity contribution is 1.07. The number of aromatic nitrogens is 1. The van der Waals surface area contributed by atoms with Gasteiger partial charge in [-0.1, -0.05) is 54.1 Å². The van der Waals surface area contributed by atoms with E-state index in [0.29, 0.717) is 6.54 Å². The lowest BCUT2D eigenvalue weighted by atomic mass is 10.1. The van der Waals surface area contributed by atoms with Crippen molar-refractivity contribution in [2.45, 2.75) is 20.4 Å². The maximum atomic E-state index is 5.64. The minimum Gasteiger partial charge on any atom is -0.326 e. The molecule has 0 bridgehead atoms. The first-order valence-corrected chi connectivity index (χ1v) is 7.83. The monoisotopic (exact) mass is 294 g/mol. The average Bonchev–Trinajstić information content (AvgIpc) is 2.90. The van der Waals surface area contributed by atoms with E-state index in [1.165, 1.54) is 16.0 Å². The van der Waals surface area contributed by atoms with Gasteiger partial charge in [0.05, 0.1) is 5.69 Å². The van der Waals surface area contributed by atoms with Crippen molar-refractivity contribution in [3.63, 3.8) is 0 Å². The van der Waals surface area contributed by atoms with Gasteiger partial charge in [-0.25, -0.2) is 4.98 Å². The van der Waals surface area contributed by atoms with Crippen molar-refractivity contribution in [3.05, 3.63) is 64.5 Å². The van der Waals surface area contributed by atoms with E-state index in [9.17, 15) is 0 Å². The third kappa shape index (κ3) is 2.89. The number of aryl methyl sites for hydroxylation is 2. The van der Waals surface area contributed by atoms with Crippen LogP contribution >= 0.6 is 11.3 Å². The van der Waals surface area contributed by atoms with Gasteiger partial charge in [0.25, 0.3) is 0 Å². The molecule has 0 aliphatic rings. The van der Waals surface area contributed by atoms with Crippen molar-refractivity contribution in [2.24, 2.45) is 5.73 Å². The molecule has 0 atom stereocenters. The number of benzene rings is 2. The van der Waals surface area contributed by atoms with Crippen LogP contribution in [0.15, 0.2) is 48.5 Å². The van der Waals surface area contributed by atoms with Crippen LogP contribution in [0.2, 0.25) is 0 Å². The maximum Gasteiger partial charge on any atom is 0.124 e. The molecule has 3 rings (SSSR count). The SMILES string of the molecule is Cc1ccc(-c2nc(-c3ccc(CN)cc3)sc2C)cc1. The molecule has 21 heavy (non-hydrogen) atoms. The molecule has 0 saturated carbocycles. The molecule has 2 nitrogen and oxygen atoms in total. The molecule has 0 aliphatic heterocycles. The van der Waals surface area contributed by atoms with Crippen LogP contribution in [0.25, 0.3) is 21.8 Å². The fraction of sp³-hybridized carbons (Fsp3) is 0.167. The van der Waals surface area contributed by atoms with Crippen LogP contribution in [0.4, 0.5) is 0 Å². The van der Waals surface area contributed by atoms with Crippen molar-refractivity contribution < 1.29 is 0 Å². The van der Waals surface area contributed by atoms with E-state index in [1.807, 2.05) is 0 Å². The Hall–Kier alpha value is -1.97. The average molecular weight is 294 g/mol. The number of rotatable bonds is 3. The summed E-state index contributed by atoms with van der Waals surface area (Å²) in [6, 6.07) is 16.9. The zero-order valence-electron chi connectivity index (χ0n) is 12.3. The van der Waals surface area contributed by atoms with Crippen LogP contribution < -0.4 is 5.73 Å². The lowest BCUT2D eigenvalue weighted by Gasteiger charge is -2.00. The Morgan fingerprint density at radius 1 is 0.905 bits per heavy atom. The summed E-state index contributed by atoms with van der Waals surface area (Å²) in [5.74, 6) is 0. The summed E-state index contributed by atoms with van der Waals surface area (Å²) in [6.07, 6.45) is 0. The number of hydrogen-bond donors (Lipinski definition) is 1. The predicted octanol–water partition coefficient (Wildman–Crippen LogP) is 4.55. The first kappa shape index (κ1) is 14.0. The minimum atomic E-state index is 0.575. The second-order valence-corrected chi connectivity index (χ2v) is 6.39. The van der Waals surface area contributed by atoms with Gasteiger partial charge in [0.1, 0.15) is 5.01 Å². The van der Waals surface area contributed by atoms with Gasteiger partial charge in [-0.05, 0) is 19.4 Å². The zero-order chi connectivity index (χ0) is 14.8. The van der Waals surface area contributed by atoms with Gasteiger partial charge in [0, 0.05) is 22.5 Å². The summed E-state index contributed by atoms with van der Waals surface area (Å²) < 4.78 is 0. The number of hydrogen-bond acceptors (Lipinski definition) is 3. The Bertz CT molecular complexity index is 740. The number of nitrogens with zero attached hydrogens (tertiary/aromatic N) is 1. The summed E-state index contributed by atoms with van der Waals surface area (Å²) in [5.41, 5.74) is 11.5. The van der Waals surface area contributed by atoms with E-state index >= 15 is 0 Å². The maximum absolute atomic E-state index is 5.64.